The molecule has 1 aromatic rings. The summed E-state index contributed by atoms with van der Waals surface area (Å²) in [5.74, 6) is 0. The Bertz CT molecular complexity index is 503. The minimum atomic E-state index is -3.57. The Kier molecular flexibility index (Phi) is 5.40. The van der Waals surface area contributed by atoms with E-state index in [1.807, 2.05) is 13.8 Å². The van der Waals surface area contributed by atoms with E-state index in [1.165, 1.54) is 18.2 Å². The van der Waals surface area contributed by atoms with Gasteiger partial charge >= 0.3 is 0 Å². The maximum Gasteiger partial charge on any atom is 0.240 e. The molecule has 0 amide bonds. The summed E-state index contributed by atoms with van der Waals surface area (Å²) in [7, 11) is -3.57. The maximum atomic E-state index is 11.9. The van der Waals surface area contributed by atoms with Crippen LogP contribution in [0.5, 0.6) is 0 Å². The largest absolute Gasteiger partial charge is 0.397 e. The first-order chi connectivity index (χ1) is 8.33. The number of hydrogen-bond acceptors (Lipinski definition) is 4. The molecule has 0 aromatic heterocycles. The third-order valence-corrected chi connectivity index (χ3v) is 3.93. The number of benzene rings is 1. The van der Waals surface area contributed by atoms with E-state index in [4.69, 9.17) is 22.1 Å². The van der Waals surface area contributed by atoms with E-state index in [9.17, 15) is 8.42 Å². The van der Waals surface area contributed by atoms with Gasteiger partial charge in [0.2, 0.25) is 10.0 Å². The Labute approximate surface area is 112 Å². The molecule has 0 aliphatic rings. The predicted octanol–water partition coefficient (Wildman–Crippen LogP) is 1.63. The minimum absolute atomic E-state index is 0.0701. The molecule has 3 N–H and O–H groups in total. The van der Waals surface area contributed by atoms with E-state index in [1.54, 1.807) is 0 Å². The van der Waals surface area contributed by atoms with Crippen molar-refractivity contribution in [3.05, 3.63) is 23.2 Å². The molecular weight excluding hydrogens is 276 g/mol. The third kappa shape index (κ3) is 4.45. The molecular formula is C11H17ClN2O3S. The van der Waals surface area contributed by atoms with Gasteiger partial charge in [0.25, 0.3) is 0 Å². The van der Waals surface area contributed by atoms with Crippen LogP contribution in [0.25, 0.3) is 0 Å². The zero-order valence-electron chi connectivity index (χ0n) is 10.3. The molecule has 0 radical (unpaired) electrons. The highest BCUT2D eigenvalue weighted by Crippen LogP contribution is 2.21. The molecule has 1 rings (SSSR count). The normalized spacial score (nSPS) is 12.0. The molecule has 0 aliphatic carbocycles. The van der Waals surface area contributed by atoms with Gasteiger partial charge in [-0.3, -0.25) is 0 Å². The average Bonchev–Trinajstić information content (AvgIpc) is 2.28. The van der Waals surface area contributed by atoms with Crippen LogP contribution < -0.4 is 10.5 Å². The Morgan fingerprint density at radius 1 is 1.44 bits per heavy atom. The summed E-state index contributed by atoms with van der Waals surface area (Å²) < 4.78 is 31.4. The molecule has 1 aromatic carbocycles. The molecule has 0 bridgehead atoms. The number of nitrogens with two attached hydrogens (primary N) is 1. The summed E-state index contributed by atoms with van der Waals surface area (Å²) in [6, 6.07) is 4.19. The molecule has 0 spiro atoms. The van der Waals surface area contributed by atoms with Crippen molar-refractivity contribution in [1.82, 2.24) is 4.72 Å². The van der Waals surface area contributed by atoms with Crippen LogP contribution in [-0.4, -0.2) is 27.7 Å². The van der Waals surface area contributed by atoms with E-state index < -0.39 is 10.0 Å². The van der Waals surface area contributed by atoms with Gasteiger partial charge in [-0.25, -0.2) is 13.1 Å². The number of rotatable bonds is 6. The second-order valence-corrected chi connectivity index (χ2v) is 6.17. The van der Waals surface area contributed by atoms with Crippen molar-refractivity contribution in [2.24, 2.45) is 0 Å². The van der Waals surface area contributed by atoms with Gasteiger partial charge in [0, 0.05) is 6.54 Å². The van der Waals surface area contributed by atoms with E-state index in [2.05, 4.69) is 4.72 Å². The second-order valence-electron chi connectivity index (χ2n) is 4.00. The highest BCUT2D eigenvalue weighted by Gasteiger charge is 2.14. The molecule has 102 valence electrons. The van der Waals surface area contributed by atoms with Gasteiger partial charge in [-0.2, -0.15) is 0 Å². The number of halogens is 1. The number of nitrogen functional groups attached to an aromatic ring is 1. The van der Waals surface area contributed by atoms with Crippen LogP contribution in [-0.2, 0) is 14.8 Å². The Hall–Kier alpha value is -0.820. The Balaban J connectivity index is 2.66. The van der Waals surface area contributed by atoms with E-state index in [0.29, 0.717) is 11.6 Å². The number of ether oxygens (including phenoxy) is 1. The molecule has 0 atom stereocenters. The molecule has 0 aliphatic heterocycles. The van der Waals surface area contributed by atoms with Crippen LogP contribution in [0.2, 0.25) is 5.02 Å². The van der Waals surface area contributed by atoms with Crippen molar-refractivity contribution in [2.45, 2.75) is 24.8 Å². The lowest BCUT2D eigenvalue weighted by Gasteiger charge is -2.10. The monoisotopic (exact) mass is 292 g/mol. The second kappa shape index (κ2) is 6.38. The minimum Gasteiger partial charge on any atom is -0.397 e. The van der Waals surface area contributed by atoms with Gasteiger partial charge in [-0.15, -0.1) is 0 Å². The Morgan fingerprint density at radius 2 is 2.11 bits per heavy atom. The fourth-order valence-electron chi connectivity index (χ4n) is 1.24. The van der Waals surface area contributed by atoms with Gasteiger partial charge < -0.3 is 10.5 Å². The van der Waals surface area contributed by atoms with Gasteiger partial charge in [0.15, 0.2) is 0 Å². The lowest BCUT2D eigenvalue weighted by Crippen LogP contribution is -2.28. The quantitative estimate of drug-likeness (QED) is 0.617. The lowest BCUT2D eigenvalue weighted by atomic mass is 10.3. The smallest absolute Gasteiger partial charge is 0.240 e. The molecule has 7 heteroatoms. The number of anilines is 1. The third-order valence-electron chi connectivity index (χ3n) is 2.12. The Morgan fingerprint density at radius 3 is 2.67 bits per heavy atom. The molecule has 0 fully saturated rings. The summed E-state index contributed by atoms with van der Waals surface area (Å²) >= 11 is 5.73. The van der Waals surface area contributed by atoms with Crippen LogP contribution in [0.3, 0.4) is 0 Å². The SMILES string of the molecule is CC(C)OCCNS(=O)(=O)c1ccc(Cl)c(N)c1. The van der Waals surface area contributed by atoms with Crippen molar-refractivity contribution >= 4 is 27.3 Å². The van der Waals surface area contributed by atoms with Crippen LogP contribution in [0.1, 0.15) is 13.8 Å². The van der Waals surface area contributed by atoms with Crippen LogP contribution in [0, 0.1) is 0 Å². The van der Waals surface area contributed by atoms with Gasteiger partial charge in [0.05, 0.1) is 28.3 Å². The summed E-state index contributed by atoms with van der Waals surface area (Å²) in [6.07, 6.45) is 0.0701. The molecule has 0 saturated carbocycles. The zero-order valence-corrected chi connectivity index (χ0v) is 11.9. The van der Waals surface area contributed by atoms with Gasteiger partial charge in [-0.05, 0) is 32.0 Å². The van der Waals surface area contributed by atoms with E-state index >= 15 is 0 Å². The predicted molar refractivity (Wildman–Crippen MR) is 72.1 cm³/mol. The van der Waals surface area contributed by atoms with E-state index in [0.717, 1.165) is 0 Å². The standard InChI is InChI=1S/C11H17ClN2O3S/c1-8(2)17-6-5-14-18(15,16)9-3-4-10(12)11(13)7-9/h3-4,7-8,14H,5-6,13H2,1-2H3. The van der Waals surface area contributed by atoms with Crippen LogP contribution >= 0.6 is 11.6 Å². The molecule has 0 unspecified atom stereocenters. The molecule has 18 heavy (non-hydrogen) atoms. The lowest BCUT2D eigenvalue weighted by molar-refractivity contribution is 0.0834. The van der Waals surface area contributed by atoms with Crippen molar-refractivity contribution in [1.29, 1.82) is 0 Å². The topological polar surface area (TPSA) is 81.4 Å². The first-order valence-electron chi connectivity index (χ1n) is 5.49. The maximum absolute atomic E-state index is 11.9. The van der Waals surface area contributed by atoms with Crippen molar-refractivity contribution in [2.75, 3.05) is 18.9 Å². The summed E-state index contributed by atoms with van der Waals surface area (Å²) in [6.45, 7) is 4.30. The molecule has 0 heterocycles. The summed E-state index contributed by atoms with van der Waals surface area (Å²) in [4.78, 5) is 0.0916. The first kappa shape index (κ1) is 15.2. The number of hydrogen-bond donors (Lipinski definition) is 2. The van der Waals surface area contributed by atoms with Crippen molar-refractivity contribution in [3.63, 3.8) is 0 Å². The first-order valence-corrected chi connectivity index (χ1v) is 7.35. The van der Waals surface area contributed by atoms with E-state index in [-0.39, 0.29) is 23.2 Å². The van der Waals surface area contributed by atoms with Crippen LogP contribution in [0.15, 0.2) is 23.1 Å². The number of sulfonamides is 1. The molecule has 0 saturated heterocycles. The number of nitrogens with one attached hydrogen (secondary N) is 1. The van der Waals surface area contributed by atoms with Gasteiger partial charge in [0.1, 0.15) is 0 Å². The van der Waals surface area contributed by atoms with Crippen molar-refractivity contribution in [3.8, 4) is 0 Å². The highest BCUT2D eigenvalue weighted by molar-refractivity contribution is 7.89. The summed E-state index contributed by atoms with van der Waals surface area (Å²) in [5.41, 5.74) is 5.80. The molecule has 5 nitrogen and oxygen atoms in total. The average molecular weight is 293 g/mol. The zero-order chi connectivity index (χ0) is 13.8. The van der Waals surface area contributed by atoms with Crippen molar-refractivity contribution < 1.29 is 13.2 Å². The fourth-order valence-corrected chi connectivity index (χ4v) is 2.41. The summed E-state index contributed by atoms with van der Waals surface area (Å²) in [5, 5.41) is 0.331. The highest BCUT2D eigenvalue weighted by atomic mass is 35.5. The van der Waals surface area contributed by atoms with Crippen LogP contribution in [0.4, 0.5) is 5.69 Å². The van der Waals surface area contributed by atoms with Gasteiger partial charge in [-0.1, -0.05) is 11.6 Å². The fraction of sp³-hybridized carbons (Fsp3) is 0.455.